The quantitative estimate of drug-likeness (QED) is 0.726. The Balaban J connectivity index is 2.15. The van der Waals surface area contributed by atoms with E-state index in [1.807, 2.05) is 18.2 Å². The third-order valence-electron chi connectivity index (χ3n) is 3.56. The van der Waals surface area contributed by atoms with Crippen molar-refractivity contribution in [2.75, 3.05) is 6.54 Å². The molecule has 0 amide bonds. The second-order valence-electron chi connectivity index (χ2n) is 4.42. The van der Waals surface area contributed by atoms with Crippen molar-refractivity contribution in [2.24, 2.45) is 4.99 Å². The zero-order valence-electron chi connectivity index (χ0n) is 9.07. The molecule has 16 heavy (non-hydrogen) atoms. The van der Waals surface area contributed by atoms with E-state index in [0.717, 1.165) is 36.9 Å². The van der Waals surface area contributed by atoms with Gasteiger partial charge < -0.3 is 5.32 Å². The minimum absolute atomic E-state index is 0.295. The Kier molecular flexibility index (Phi) is 2.14. The summed E-state index contributed by atoms with van der Waals surface area (Å²) in [6.07, 6.45) is 4.20. The van der Waals surface area contributed by atoms with Crippen LogP contribution in [0.1, 0.15) is 24.8 Å². The predicted molar refractivity (Wildman–Crippen MR) is 63.1 cm³/mol. The van der Waals surface area contributed by atoms with E-state index in [1.165, 1.54) is 6.42 Å². The monoisotopic (exact) mass is 214 g/mol. The SMILES string of the molecule is O=CC1=Nc2ccccc2C12CCCCN2. The molecule has 1 N–H and O–H groups in total. The van der Waals surface area contributed by atoms with Gasteiger partial charge in [0, 0.05) is 5.56 Å². The second-order valence-corrected chi connectivity index (χ2v) is 4.42. The van der Waals surface area contributed by atoms with Crippen LogP contribution in [-0.4, -0.2) is 18.5 Å². The lowest BCUT2D eigenvalue weighted by Gasteiger charge is -2.35. The zero-order chi connectivity index (χ0) is 11.0. The molecule has 1 saturated heterocycles. The van der Waals surface area contributed by atoms with Gasteiger partial charge in [-0.15, -0.1) is 0 Å². The van der Waals surface area contributed by atoms with Gasteiger partial charge in [-0.2, -0.15) is 0 Å². The summed E-state index contributed by atoms with van der Waals surface area (Å²) in [5.74, 6) is 0. The number of piperidine rings is 1. The highest BCUT2D eigenvalue weighted by Crippen LogP contribution is 2.42. The molecule has 1 spiro atoms. The molecule has 0 aliphatic carbocycles. The lowest BCUT2D eigenvalue weighted by molar-refractivity contribution is -0.103. The van der Waals surface area contributed by atoms with Gasteiger partial charge in [0.15, 0.2) is 6.29 Å². The molecule has 2 aliphatic heterocycles. The third-order valence-corrected chi connectivity index (χ3v) is 3.56. The first-order chi connectivity index (χ1) is 7.87. The van der Waals surface area contributed by atoms with Crippen LogP contribution < -0.4 is 5.32 Å². The number of hydrogen-bond acceptors (Lipinski definition) is 3. The number of nitrogens with one attached hydrogen (secondary N) is 1. The maximum atomic E-state index is 11.2. The molecule has 0 saturated carbocycles. The molecule has 1 atom stereocenters. The Morgan fingerprint density at radius 3 is 2.94 bits per heavy atom. The fourth-order valence-corrected chi connectivity index (χ4v) is 2.78. The van der Waals surface area contributed by atoms with Gasteiger partial charge in [-0.1, -0.05) is 18.2 Å². The Labute approximate surface area is 94.6 Å². The van der Waals surface area contributed by atoms with Crippen molar-refractivity contribution in [3.8, 4) is 0 Å². The van der Waals surface area contributed by atoms with Gasteiger partial charge in [0.05, 0.1) is 11.2 Å². The zero-order valence-corrected chi connectivity index (χ0v) is 9.07. The highest BCUT2D eigenvalue weighted by molar-refractivity contribution is 6.34. The molecule has 1 fully saturated rings. The molecule has 1 aromatic carbocycles. The topological polar surface area (TPSA) is 41.5 Å². The van der Waals surface area contributed by atoms with Crippen LogP contribution in [-0.2, 0) is 10.3 Å². The smallest absolute Gasteiger partial charge is 0.166 e. The summed E-state index contributed by atoms with van der Waals surface area (Å²) in [5, 5.41) is 3.49. The number of carbonyl (C=O) groups excluding carboxylic acids is 1. The Morgan fingerprint density at radius 2 is 2.19 bits per heavy atom. The Bertz CT molecular complexity index is 459. The third kappa shape index (κ3) is 1.18. The molecule has 0 radical (unpaired) electrons. The molecular formula is C13H14N2O. The summed E-state index contributed by atoms with van der Waals surface area (Å²) in [6.45, 7) is 0.960. The number of benzene rings is 1. The molecule has 2 heterocycles. The molecule has 0 bridgehead atoms. The largest absolute Gasteiger partial charge is 0.302 e. The van der Waals surface area contributed by atoms with Gasteiger partial charge in [0.25, 0.3) is 0 Å². The molecule has 2 aliphatic rings. The second kappa shape index (κ2) is 3.52. The number of rotatable bonds is 1. The Hall–Kier alpha value is -1.48. The number of aliphatic imine (C=N–C) groups is 1. The van der Waals surface area contributed by atoms with E-state index < -0.39 is 0 Å². The first-order valence-corrected chi connectivity index (χ1v) is 5.76. The maximum absolute atomic E-state index is 11.2. The van der Waals surface area contributed by atoms with Crippen LogP contribution in [0.15, 0.2) is 29.3 Å². The summed E-state index contributed by atoms with van der Waals surface area (Å²) < 4.78 is 0. The average Bonchev–Trinajstić information content (AvgIpc) is 2.65. The van der Waals surface area contributed by atoms with Crippen LogP contribution in [0.5, 0.6) is 0 Å². The number of hydrogen-bond donors (Lipinski definition) is 1. The number of aldehydes is 1. The van der Waals surface area contributed by atoms with Gasteiger partial charge >= 0.3 is 0 Å². The highest BCUT2D eigenvalue weighted by Gasteiger charge is 2.43. The van der Waals surface area contributed by atoms with Crippen molar-refractivity contribution in [2.45, 2.75) is 24.8 Å². The molecule has 3 heteroatoms. The van der Waals surface area contributed by atoms with Crippen LogP contribution in [0.2, 0.25) is 0 Å². The van der Waals surface area contributed by atoms with Crippen LogP contribution in [0.4, 0.5) is 5.69 Å². The molecular weight excluding hydrogens is 200 g/mol. The van der Waals surface area contributed by atoms with Gasteiger partial charge in [-0.05, 0) is 31.9 Å². The maximum Gasteiger partial charge on any atom is 0.166 e. The lowest BCUT2D eigenvalue weighted by Crippen LogP contribution is -2.50. The van der Waals surface area contributed by atoms with Crippen molar-refractivity contribution < 1.29 is 4.79 Å². The highest BCUT2D eigenvalue weighted by atomic mass is 16.1. The van der Waals surface area contributed by atoms with Crippen LogP contribution in [0.25, 0.3) is 0 Å². The first-order valence-electron chi connectivity index (χ1n) is 5.76. The van der Waals surface area contributed by atoms with Gasteiger partial charge in [-0.25, -0.2) is 4.99 Å². The Morgan fingerprint density at radius 1 is 1.31 bits per heavy atom. The minimum Gasteiger partial charge on any atom is -0.302 e. The summed E-state index contributed by atoms with van der Waals surface area (Å²) in [7, 11) is 0. The standard InChI is InChI=1S/C13H14N2O/c16-9-12-13(7-3-4-8-14-13)10-5-1-2-6-11(10)15-12/h1-2,5-6,9,14H,3-4,7-8H2. The fraction of sp³-hybridized carbons (Fsp3) is 0.385. The molecule has 3 rings (SSSR count). The van der Waals surface area contributed by atoms with Gasteiger partial charge in [0.2, 0.25) is 0 Å². The summed E-state index contributed by atoms with van der Waals surface area (Å²) in [4.78, 5) is 15.6. The molecule has 1 unspecified atom stereocenters. The summed E-state index contributed by atoms with van der Waals surface area (Å²) >= 11 is 0. The molecule has 1 aromatic rings. The number of fused-ring (bicyclic) bond motifs is 2. The predicted octanol–water partition coefficient (Wildman–Crippen LogP) is 1.94. The summed E-state index contributed by atoms with van der Waals surface area (Å²) in [6, 6.07) is 8.03. The normalized spacial score (nSPS) is 27.6. The minimum atomic E-state index is -0.295. The van der Waals surface area contributed by atoms with Crippen molar-refractivity contribution in [3.63, 3.8) is 0 Å². The van der Waals surface area contributed by atoms with E-state index in [9.17, 15) is 4.79 Å². The van der Waals surface area contributed by atoms with Gasteiger partial charge in [-0.3, -0.25) is 4.79 Å². The van der Waals surface area contributed by atoms with Crippen molar-refractivity contribution in [1.82, 2.24) is 5.32 Å². The van der Waals surface area contributed by atoms with Crippen LogP contribution >= 0.6 is 0 Å². The first kappa shape index (κ1) is 9.73. The van der Waals surface area contributed by atoms with E-state index in [0.29, 0.717) is 5.71 Å². The average molecular weight is 214 g/mol. The van der Waals surface area contributed by atoms with Crippen LogP contribution in [0.3, 0.4) is 0 Å². The number of carbonyl (C=O) groups is 1. The van der Waals surface area contributed by atoms with Crippen LogP contribution in [0, 0.1) is 0 Å². The van der Waals surface area contributed by atoms with Gasteiger partial charge in [0.1, 0.15) is 5.71 Å². The summed E-state index contributed by atoms with van der Waals surface area (Å²) in [5.41, 5.74) is 2.46. The number of para-hydroxylation sites is 1. The van der Waals surface area contributed by atoms with E-state index >= 15 is 0 Å². The molecule has 82 valence electrons. The van der Waals surface area contributed by atoms with Crippen molar-refractivity contribution >= 4 is 17.7 Å². The molecule has 0 aromatic heterocycles. The molecule has 3 nitrogen and oxygen atoms in total. The van der Waals surface area contributed by atoms with Crippen molar-refractivity contribution in [3.05, 3.63) is 29.8 Å². The van der Waals surface area contributed by atoms with Crippen molar-refractivity contribution in [1.29, 1.82) is 0 Å². The van der Waals surface area contributed by atoms with E-state index in [-0.39, 0.29) is 5.54 Å². The number of nitrogens with zero attached hydrogens (tertiary/aromatic N) is 1. The fourth-order valence-electron chi connectivity index (χ4n) is 2.78. The van der Waals surface area contributed by atoms with E-state index in [1.54, 1.807) is 0 Å². The lowest BCUT2D eigenvalue weighted by atomic mass is 9.80. The van der Waals surface area contributed by atoms with E-state index in [4.69, 9.17) is 0 Å². The van der Waals surface area contributed by atoms with E-state index in [2.05, 4.69) is 16.4 Å².